The van der Waals surface area contributed by atoms with E-state index >= 15 is 0 Å². The number of esters is 1. The summed E-state index contributed by atoms with van der Waals surface area (Å²) in [5, 5.41) is 20.2. The van der Waals surface area contributed by atoms with Crippen molar-refractivity contribution in [3.8, 4) is 6.07 Å². The number of benzene rings is 3. The number of hydrogen-bond acceptors (Lipinski definition) is 7. The average molecular weight is 492 g/mol. The molecule has 0 fully saturated rings. The molecule has 0 saturated heterocycles. The molecule has 182 valence electrons. The van der Waals surface area contributed by atoms with Crippen molar-refractivity contribution in [2.45, 2.75) is 12.5 Å². The molecule has 0 aliphatic carbocycles. The van der Waals surface area contributed by atoms with Gasteiger partial charge in [-0.15, -0.1) is 0 Å². The Balaban J connectivity index is 1.41. The molecule has 1 aliphatic rings. The minimum Gasteiger partial charge on any atom is -0.507 e. The zero-order valence-corrected chi connectivity index (χ0v) is 19.4. The minimum absolute atomic E-state index is 0.0182. The van der Waals surface area contributed by atoms with Crippen LogP contribution < -0.4 is 0 Å². The molecule has 3 aromatic carbocycles. The molecule has 37 heavy (non-hydrogen) atoms. The molecule has 9 nitrogen and oxygen atoms in total. The molecule has 1 aromatic heterocycles. The second-order valence-electron chi connectivity index (χ2n) is 8.38. The lowest BCUT2D eigenvalue weighted by Crippen LogP contribution is -2.47. The maximum absolute atomic E-state index is 13.3. The van der Waals surface area contributed by atoms with Gasteiger partial charge in [0.05, 0.1) is 22.2 Å². The Bertz CT molecular complexity index is 1530. The molecule has 0 bridgehead atoms. The number of rotatable bonds is 7. The number of fused-ring (bicyclic) bond motifs is 2. The van der Waals surface area contributed by atoms with Crippen LogP contribution in [0.2, 0.25) is 0 Å². The third-order valence-corrected chi connectivity index (χ3v) is 6.06. The number of aliphatic hydroxyl groups is 1. The zero-order valence-electron chi connectivity index (χ0n) is 19.4. The Morgan fingerprint density at radius 2 is 1.59 bits per heavy atom. The van der Waals surface area contributed by atoms with Gasteiger partial charge in [-0.1, -0.05) is 54.6 Å². The SMILES string of the molecule is N#CC(=C(O)COC(=O)[C@H](Cc1ccccc1)N1C(=O)c2ccccc2C1=O)c1nc2ccccc2[nH]1. The Hall–Kier alpha value is -5.23. The number of amides is 2. The summed E-state index contributed by atoms with van der Waals surface area (Å²) >= 11 is 0. The second-order valence-corrected chi connectivity index (χ2v) is 8.38. The van der Waals surface area contributed by atoms with Crippen LogP contribution in [0.1, 0.15) is 32.1 Å². The van der Waals surface area contributed by atoms with Crippen molar-refractivity contribution in [1.82, 2.24) is 14.9 Å². The van der Waals surface area contributed by atoms with Crippen molar-refractivity contribution in [1.29, 1.82) is 5.26 Å². The summed E-state index contributed by atoms with van der Waals surface area (Å²) in [4.78, 5) is 47.6. The van der Waals surface area contributed by atoms with Crippen molar-refractivity contribution < 1.29 is 24.2 Å². The fourth-order valence-electron chi connectivity index (χ4n) is 4.24. The van der Waals surface area contributed by atoms with Gasteiger partial charge in [0.25, 0.3) is 11.8 Å². The zero-order chi connectivity index (χ0) is 25.9. The first-order chi connectivity index (χ1) is 18.0. The lowest BCUT2D eigenvalue weighted by molar-refractivity contribution is -0.148. The van der Waals surface area contributed by atoms with Crippen LogP contribution in [0.5, 0.6) is 0 Å². The average Bonchev–Trinajstić information content (AvgIpc) is 3.46. The quantitative estimate of drug-likeness (QED) is 0.173. The molecule has 0 saturated carbocycles. The number of carbonyl (C=O) groups excluding carboxylic acids is 3. The fourth-order valence-corrected chi connectivity index (χ4v) is 4.24. The van der Waals surface area contributed by atoms with Gasteiger partial charge in [-0.05, 0) is 29.8 Å². The normalized spacial score (nSPS) is 14.2. The van der Waals surface area contributed by atoms with Gasteiger partial charge in [0.15, 0.2) is 11.6 Å². The van der Waals surface area contributed by atoms with Crippen molar-refractivity contribution >= 4 is 34.4 Å². The summed E-state index contributed by atoms with van der Waals surface area (Å²) in [6.45, 7) is -0.646. The maximum Gasteiger partial charge on any atom is 0.330 e. The van der Waals surface area contributed by atoms with Gasteiger partial charge in [0.1, 0.15) is 24.3 Å². The predicted octanol–water partition coefficient (Wildman–Crippen LogP) is 3.81. The summed E-state index contributed by atoms with van der Waals surface area (Å²) in [6.07, 6.45) is 0.0182. The first-order valence-electron chi connectivity index (χ1n) is 11.4. The highest BCUT2D eigenvalue weighted by Gasteiger charge is 2.43. The van der Waals surface area contributed by atoms with Gasteiger partial charge in [0, 0.05) is 6.42 Å². The smallest absolute Gasteiger partial charge is 0.330 e. The van der Waals surface area contributed by atoms with Gasteiger partial charge in [0.2, 0.25) is 0 Å². The molecule has 2 amide bonds. The number of carbonyl (C=O) groups is 3. The molecular formula is C28H20N4O5. The van der Waals surface area contributed by atoms with E-state index in [2.05, 4.69) is 9.97 Å². The first-order valence-corrected chi connectivity index (χ1v) is 11.4. The standard InChI is InChI=1S/C28H20N4O5/c29-15-20(25-30-21-12-6-7-13-22(21)31-25)24(33)16-37-28(36)23(14-17-8-2-1-3-9-17)32-26(34)18-10-4-5-11-19(18)27(32)35/h1-13,23,33H,14,16H2,(H,30,31)/t23-/m0/s1. The first kappa shape index (κ1) is 23.5. The number of ether oxygens (including phenoxy) is 1. The second kappa shape index (κ2) is 9.79. The Labute approximate surface area is 211 Å². The molecular weight excluding hydrogens is 472 g/mol. The molecule has 2 heterocycles. The summed E-state index contributed by atoms with van der Waals surface area (Å²) < 4.78 is 5.34. The number of para-hydroxylation sites is 2. The van der Waals surface area contributed by atoms with Crippen LogP contribution in [0, 0.1) is 11.3 Å². The summed E-state index contributed by atoms with van der Waals surface area (Å²) in [5.74, 6) is -2.49. The summed E-state index contributed by atoms with van der Waals surface area (Å²) in [7, 11) is 0. The minimum atomic E-state index is -1.28. The Morgan fingerprint density at radius 1 is 0.973 bits per heavy atom. The van der Waals surface area contributed by atoms with Gasteiger partial charge in [-0.2, -0.15) is 5.26 Å². The van der Waals surface area contributed by atoms with E-state index < -0.39 is 36.2 Å². The third-order valence-electron chi connectivity index (χ3n) is 6.06. The number of imide groups is 1. The van der Waals surface area contributed by atoms with Gasteiger partial charge < -0.3 is 14.8 Å². The summed E-state index contributed by atoms with van der Waals surface area (Å²) in [6, 6.07) is 23.0. The fraction of sp³-hybridized carbons (Fsp3) is 0.107. The molecule has 1 aliphatic heterocycles. The number of nitriles is 1. The van der Waals surface area contributed by atoms with E-state index in [0.29, 0.717) is 16.6 Å². The topological polar surface area (TPSA) is 136 Å². The molecule has 0 unspecified atom stereocenters. The third kappa shape index (κ3) is 4.44. The highest BCUT2D eigenvalue weighted by molar-refractivity contribution is 6.22. The van der Waals surface area contributed by atoms with Crippen LogP contribution in [0.25, 0.3) is 16.6 Å². The number of aliphatic hydroxyl groups excluding tert-OH is 1. The number of aromatic nitrogens is 2. The molecule has 0 spiro atoms. The molecule has 5 rings (SSSR count). The van der Waals surface area contributed by atoms with Crippen LogP contribution in [0.3, 0.4) is 0 Å². The molecule has 4 aromatic rings. The van der Waals surface area contributed by atoms with Crippen molar-refractivity contribution in [2.75, 3.05) is 6.61 Å². The lowest BCUT2D eigenvalue weighted by Gasteiger charge is -2.24. The van der Waals surface area contributed by atoms with E-state index in [0.717, 1.165) is 4.90 Å². The number of H-pyrrole nitrogens is 1. The highest BCUT2D eigenvalue weighted by atomic mass is 16.5. The predicted molar refractivity (Wildman–Crippen MR) is 133 cm³/mol. The number of imidazole rings is 1. The van der Waals surface area contributed by atoms with Crippen LogP contribution in [0.15, 0.2) is 84.6 Å². The van der Waals surface area contributed by atoms with Gasteiger partial charge >= 0.3 is 5.97 Å². The van der Waals surface area contributed by atoms with Crippen molar-refractivity contribution in [3.63, 3.8) is 0 Å². The van der Waals surface area contributed by atoms with Gasteiger partial charge in [-0.3, -0.25) is 14.5 Å². The van der Waals surface area contributed by atoms with E-state index in [1.54, 1.807) is 60.7 Å². The molecule has 0 radical (unpaired) electrons. The Kier molecular flexibility index (Phi) is 6.22. The van der Waals surface area contributed by atoms with Gasteiger partial charge in [-0.25, -0.2) is 9.78 Å². The van der Waals surface area contributed by atoms with E-state index in [1.165, 1.54) is 12.1 Å². The monoisotopic (exact) mass is 492 g/mol. The number of allylic oxidation sites excluding steroid dienone is 1. The van der Waals surface area contributed by atoms with E-state index in [-0.39, 0.29) is 28.9 Å². The van der Waals surface area contributed by atoms with Crippen LogP contribution >= 0.6 is 0 Å². The number of nitrogens with one attached hydrogen (secondary N) is 1. The maximum atomic E-state index is 13.3. The van der Waals surface area contributed by atoms with Crippen LogP contribution in [-0.2, 0) is 16.0 Å². The summed E-state index contributed by atoms with van der Waals surface area (Å²) in [5.41, 5.74) is 2.20. The lowest BCUT2D eigenvalue weighted by atomic mass is 10.0. The number of aromatic amines is 1. The van der Waals surface area contributed by atoms with E-state index in [1.807, 2.05) is 12.1 Å². The van der Waals surface area contributed by atoms with E-state index in [9.17, 15) is 24.8 Å². The largest absolute Gasteiger partial charge is 0.507 e. The Morgan fingerprint density at radius 3 is 2.24 bits per heavy atom. The molecule has 9 heteroatoms. The number of hydrogen-bond donors (Lipinski definition) is 2. The molecule has 1 atom stereocenters. The molecule has 2 N–H and O–H groups in total. The van der Waals surface area contributed by atoms with E-state index in [4.69, 9.17) is 4.74 Å². The van der Waals surface area contributed by atoms with Crippen LogP contribution in [0.4, 0.5) is 0 Å². The van der Waals surface area contributed by atoms with Crippen LogP contribution in [-0.4, -0.2) is 50.4 Å². The van der Waals surface area contributed by atoms with Crippen molar-refractivity contribution in [2.24, 2.45) is 0 Å². The highest BCUT2D eigenvalue weighted by Crippen LogP contribution is 2.27. The number of nitrogens with zero attached hydrogens (tertiary/aromatic N) is 3. The van der Waals surface area contributed by atoms with Crippen molar-refractivity contribution in [3.05, 3.63) is 107 Å².